The fourth-order valence-electron chi connectivity index (χ4n) is 11.9. The number of rotatable bonds is 47. The van der Waals surface area contributed by atoms with Gasteiger partial charge >= 0.3 is 41.8 Å². The van der Waals surface area contributed by atoms with Gasteiger partial charge in [-0.15, -0.1) is 0 Å². The minimum Gasteiger partial charge on any atom is -0.493 e. The van der Waals surface area contributed by atoms with Gasteiger partial charge in [-0.3, -0.25) is 0 Å². The van der Waals surface area contributed by atoms with Crippen LogP contribution < -0.4 is 18.9 Å². The summed E-state index contributed by atoms with van der Waals surface area (Å²) in [7, 11) is 3.72. The Balaban J connectivity index is 1.91. The number of esters is 7. The van der Waals surface area contributed by atoms with Crippen LogP contribution in [0.15, 0.2) is 97.6 Å². The number of methoxy groups -OCH3 is 3. The summed E-state index contributed by atoms with van der Waals surface area (Å²) in [5, 5.41) is 0. The molecule has 0 fully saturated rings. The van der Waals surface area contributed by atoms with Gasteiger partial charge in [0, 0.05) is 68.2 Å². The molecule has 18 heteroatoms. The Morgan fingerprint density at radius 3 is 0.700 bits per heavy atom. The molecule has 100 heavy (non-hydrogen) atoms. The van der Waals surface area contributed by atoms with Crippen LogP contribution in [0.3, 0.4) is 0 Å². The molecule has 1 aliphatic carbocycles. The molecular weight excluding hydrogens is 1270 g/mol. The van der Waals surface area contributed by atoms with Gasteiger partial charge in [-0.05, 0) is 144 Å². The van der Waals surface area contributed by atoms with E-state index in [1.54, 1.807) is 0 Å². The van der Waals surface area contributed by atoms with E-state index < -0.39 is 41.8 Å². The normalized spacial score (nSPS) is 11.9. The molecule has 546 valence electrons. The van der Waals surface area contributed by atoms with Gasteiger partial charge in [-0.25, -0.2) is 33.6 Å². The van der Waals surface area contributed by atoms with Crippen LogP contribution in [0, 0.1) is 0 Å². The topological polar surface area (TPSA) is 221 Å². The summed E-state index contributed by atoms with van der Waals surface area (Å²) < 4.78 is 65.3. The largest absolute Gasteiger partial charge is 0.493 e. The smallest absolute Gasteiger partial charge is 0.331 e. The lowest BCUT2D eigenvalue weighted by molar-refractivity contribution is -0.139. The van der Waals surface area contributed by atoms with Crippen LogP contribution in [0.2, 0.25) is 0 Å². The predicted octanol–water partition coefficient (Wildman–Crippen LogP) is 15.5. The lowest BCUT2D eigenvalue weighted by Crippen LogP contribution is -2.13. The van der Waals surface area contributed by atoms with Gasteiger partial charge in [0.05, 0.1) is 74.2 Å². The first-order valence-electron chi connectivity index (χ1n) is 36.3. The molecule has 0 saturated carbocycles. The van der Waals surface area contributed by atoms with Crippen molar-refractivity contribution in [3.05, 3.63) is 164 Å². The van der Waals surface area contributed by atoms with E-state index in [1.807, 2.05) is 0 Å². The van der Waals surface area contributed by atoms with Gasteiger partial charge in [0.1, 0.15) is 23.0 Å². The molecule has 8 bridgehead atoms. The molecule has 0 amide bonds. The second-order valence-electron chi connectivity index (χ2n) is 25.2. The highest BCUT2D eigenvalue weighted by molar-refractivity contribution is 5.92. The average molecular weight is 1380 g/mol. The minimum absolute atomic E-state index is 0.0797. The fraction of sp³-hybridized carbons (Fsp3) is 0.524. The van der Waals surface area contributed by atoms with Crippen molar-refractivity contribution in [3.8, 4) is 23.0 Å². The Kier molecular flexibility index (Phi) is 39.5. The molecule has 0 aliphatic heterocycles. The number of carbonyl (C=O) groups excluding carboxylic acids is 7. The molecule has 4 aromatic carbocycles. The standard InChI is InChI=1S/C82H110O18/c1-9-14-18-22-40-97-79-64-48-60(30-26-44-93-72(83)13-5)49-65(79)57-67-51-62(32-28-46-95-77(88)38-35-74(85)91-7)53-69(81(67)99-42-24-20-16-11-3)59-71-55-63(33-29-47-96-78(89)39-36-75(86)92-8)54-70(82(71)100-43-25-21-17-12-4)58-68-52-61(31-27-45-94-76(87)37-34-73(84)90-6)50-66(56-64)80(68)98-41-23-19-15-10-2/h13,34-39,48-55H,5,9-12,14-33,40-47,56-59H2,1-4,6-8H3/b37-34-,38-35-,39-36-. The highest BCUT2D eigenvalue weighted by Gasteiger charge is 2.26. The van der Waals surface area contributed by atoms with Crippen LogP contribution >= 0.6 is 0 Å². The summed E-state index contributed by atoms with van der Waals surface area (Å²) in [6.07, 6.45) is 28.9. The van der Waals surface area contributed by atoms with Gasteiger partial charge in [0.15, 0.2) is 0 Å². The zero-order valence-electron chi connectivity index (χ0n) is 60.7. The molecule has 0 N–H and O–H groups in total. The van der Waals surface area contributed by atoms with E-state index in [1.165, 1.54) is 27.4 Å². The van der Waals surface area contributed by atoms with Crippen molar-refractivity contribution >= 4 is 41.8 Å². The summed E-state index contributed by atoms with van der Waals surface area (Å²) >= 11 is 0. The van der Waals surface area contributed by atoms with E-state index in [4.69, 9.17) is 37.9 Å². The summed E-state index contributed by atoms with van der Waals surface area (Å²) in [6.45, 7) is 14.7. The Labute approximate surface area is 593 Å². The Bertz CT molecular complexity index is 3170. The summed E-state index contributed by atoms with van der Waals surface area (Å²) in [6, 6.07) is 17.7. The predicted molar refractivity (Wildman–Crippen MR) is 386 cm³/mol. The number of carbonyl (C=O) groups is 7. The zero-order valence-corrected chi connectivity index (χ0v) is 60.7. The molecule has 0 atom stereocenters. The first-order chi connectivity index (χ1) is 48.6. The van der Waals surface area contributed by atoms with E-state index in [0.29, 0.717) is 103 Å². The SMILES string of the molecule is C=CC(=O)OCCCc1cc2c(OCCCCCC)c(c1)Cc1cc(CCCOC(=O)/C=C\C(=O)OC)cc(c1OCCCCCC)Cc1cc(CCCOC(=O)/C=C\C(=O)OC)cc(c1OCCCCCC)Cc1cc(CCCOC(=O)/C=C\C(=O)OC)cc(c1OCCCCCC)C2. The highest BCUT2D eigenvalue weighted by atomic mass is 16.6. The fourth-order valence-corrected chi connectivity index (χ4v) is 11.9. The van der Waals surface area contributed by atoms with Gasteiger partial charge < -0.3 is 52.1 Å². The van der Waals surface area contributed by atoms with Crippen molar-refractivity contribution in [2.75, 3.05) is 74.2 Å². The van der Waals surface area contributed by atoms with Crippen LogP contribution in [-0.2, 0) is 118 Å². The second-order valence-corrected chi connectivity index (χ2v) is 25.2. The maximum Gasteiger partial charge on any atom is 0.331 e. The highest BCUT2D eigenvalue weighted by Crippen LogP contribution is 2.42. The second kappa shape index (κ2) is 48.2. The lowest BCUT2D eigenvalue weighted by atomic mass is 9.87. The Morgan fingerprint density at radius 1 is 0.290 bits per heavy atom. The Hall–Kier alpha value is -8.67. The van der Waals surface area contributed by atoms with Crippen molar-refractivity contribution in [2.45, 2.75) is 207 Å². The molecule has 4 aromatic rings. The third-order valence-corrected chi connectivity index (χ3v) is 17.0. The van der Waals surface area contributed by atoms with Gasteiger partial charge in [-0.1, -0.05) is 160 Å². The minimum atomic E-state index is -0.667. The maximum atomic E-state index is 12.8. The van der Waals surface area contributed by atoms with Crippen LogP contribution in [0.25, 0.3) is 0 Å². The number of benzene rings is 4. The number of ether oxygens (including phenoxy) is 11. The van der Waals surface area contributed by atoms with Crippen LogP contribution in [0.4, 0.5) is 0 Å². The monoisotopic (exact) mass is 1380 g/mol. The maximum absolute atomic E-state index is 12.8. The number of aryl methyl sites for hydroxylation is 4. The molecule has 5 rings (SSSR count). The first kappa shape index (κ1) is 82.0. The quantitative estimate of drug-likeness (QED) is 0.0153. The van der Waals surface area contributed by atoms with Crippen LogP contribution in [0.1, 0.15) is 223 Å². The van der Waals surface area contributed by atoms with E-state index in [0.717, 1.165) is 229 Å². The number of unbranched alkanes of at least 4 members (excludes halogenated alkanes) is 12. The molecule has 0 heterocycles. The third-order valence-electron chi connectivity index (χ3n) is 17.0. The summed E-state index contributed by atoms with van der Waals surface area (Å²) in [5.74, 6) is -1.43. The number of fused-ring (bicyclic) bond motifs is 8. The summed E-state index contributed by atoms with van der Waals surface area (Å²) in [5.41, 5.74) is 11.5. The van der Waals surface area contributed by atoms with E-state index in [-0.39, 0.29) is 26.4 Å². The lowest BCUT2D eigenvalue weighted by Gasteiger charge is -2.25. The first-order valence-corrected chi connectivity index (χ1v) is 36.3. The van der Waals surface area contributed by atoms with Crippen molar-refractivity contribution in [2.24, 2.45) is 0 Å². The van der Waals surface area contributed by atoms with Gasteiger partial charge in [-0.2, -0.15) is 0 Å². The third kappa shape index (κ3) is 30.8. The van der Waals surface area contributed by atoms with Crippen LogP contribution in [0.5, 0.6) is 23.0 Å². The average Bonchev–Trinajstić information content (AvgIpc) is 0.776. The van der Waals surface area contributed by atoms with Crippen molar-refractivity contribution in [1.82, 2.24) is 0 Å². The zero-order chi connectivity index (χ0) is 72.1. The molecule has 18 nitrogen and oxygen atoms in total. The van der Waals surface area contributed by atoms with Crippen molar-refractivity contribution < 1.29 is 85.7 Å². The van der Waals surface area contributed by atoms with Crippen molar-refractivity contribution in [3.63, 3.8) is 0 Å². The molecule has 0 saturated heterocycles. The summed E-state index contributed by atoms with van der Waals surface area (Å²) in [4.78, 5) is 86.5. The number of hydrogen-bond acceptors (Lipinski definition) is 18. The van der Waals surface area contributed by atoms with E-state index in [9.17, 15) is 33.6 Å². The molecule has 0 unspecified atom stereocenters. The number of hydrogen-bond donors (Lipinski definition) is 0. The molecule has 0 spiro atoms. The molecule has 0 radical (unpaired) electrons. The molecular formula is C82H110O18. The van der Waals surface area contributed by atoms with E-state index in [2.05, 4.69) is 97.0 Å². The molecule has 0 aromatic heterocycles. The van der Waals surface area contributed by atoms with Gasteiger partial charge in [0.2, 0.25) is 0 Å². The van der Waals surface area contributed by atoms with Crippen LogP contribution in [-0.4, -0.2) is 116 Å². The molecule has 1 aliphatic rings. The van der Waals surface area contributed by atoms with Gasteiger partial charge in [0.25, 0.3) is 0 Å². The van der Waals surface area contributed by atoms with E-state index >= 15 is 0 Å². The Morgan fingerprint density at radius 2 is 0.500 bits per heavy atom. The van der Waals surface area contributed by atoms with Crippen molar-refractivity contribution in [1.29, 1.82) is 0 Å².